The Labute approximate surface area is 190 Å². The van der Waals surface area contributed by atoms with Crippen molar-refractivity contribution in [2.75, 3.05) is 11.1 Å². The van der Waals surface area contributed by atoms with Crippen LogP contribution in [0.15, 0.2) is 56.8 Å². The Kier molecular flexibility index (Phi) is 5.51. The standard InChI is InChI=1S/C25H25N3O3S/c1-15-11-12-17(13-16(15)2)26-21(29)14-32-25-27-22-19-9-5-6-10-20(19)31-23(22)24(30)28(25)18-7-3-4-8-18/h5-6,9-13,18H,3-4,7-8,14H2,1-2H3,(H,26,29). The van der Waals surface area contributed by atoms with Crippen LogP contribution in [0.1, 0.15) is 42.9 Å². The van der Waals surface area contributed by atoms with Crippen molar-refractivity contribution >= 4 is 45.4 Å². The number of anilines is 1. The number of aryl methyl sites for hydroxylation is 2. The van der Waals surface area contributed by atoms with E-state index in [0.717, 1.165) is 42.3 Å². The Balaban J connectivity index is 1.48. The number of nitrogens with one attached hydrogen (secondary N) is 1. The molecule has 2 aromatic carbocycles. The summed E-state index contributed by atoms with van der Waals surface area (Å²) in [5.74, 6) is 0.0514. The largest absolute Gasteiger partial charge is 0.448 e. The second kappa shape index (κ2) is 8.47. The molecule has 1 amide bonds. The van der Waals surface area contributed by atoms with E-state index in [1.807, 2.05) is 56.3 Å². The summed E-state index contributed by atoms with van der Waals surface area (Å²) in [7, 11) is 0. The zero-order valence-electron chi connectivity index (χ0n) is 18.2. The predicted molar refractivity (Wildman–Crippen MR) is 129 cm³/mol. The van der Waals surface area contributed by atoms with E-state index in [4.69, 9.17) is 9.40 Å². The first-order valence-corrected chi connectivity index (χ1v) is 11.9. The van der Waals surface area contributed by atoms with Crippen molar-refractivity contribution in [1.29, 1.82) is 0 Å². The number of aromatic nitrogens is 2. The fourth-order valence-electron chi connectivity index (χ4n) is 4.37. The maximum atomic E-state index is 13.4. The molecule has 5 rings (SSSR count). The van der Waals surface area contributed by atoms with Crippen molar-refractivity contribution < 1.29 is 9.21 Å². The van der Waals surface area contributed by atoms with Gasteiger partial charge in [0.25, 0.3) is 5.56 Å². The van der Waals surface area contributed by atoms with Gasteiger partial charge in [-0.05, 0) is 62.1 Å². The van der Waals surface area contributed by atoms with Crippen molar-refractivity contribution in [3.8, 4) is 0 Å². The van der Waals surface area contributed by atoms with E-state index in [1.165, 1.54) is 17.3 Å². The average Bonchev–Trinajstić information content (AvgIpc) is 3.43. The van der Waals surface area contributed by atoms with Gasteiger partial charge in [-0.3, -0.25) is 14.2 Å². The fourth-order valence-corrected chi connectivity index (χ4v) is 5.23. The van der Waals surface area contributed by atoms with Gasteiger partial charge in [0.2, 0.25) is 11.5 Å². The first kappa shape index (κ1) is 20.8. The minimum absolute atomic E-state index is 0.0953. The zero-order valence-corrected chi connectivity index (χ0v) is 19.0. The zero-order chi connectivity index (χ0) is 22.2. The number of carbonyl (C=O) groups excluding carboxylic acids is 1. The van der Waals surface area contributed by atoms with E-state index in [2.05, 4.69) is 5.32 Å². The number of para-hydroxylation sites is 1. The van der Waals surface area contributed by atoms with Gasteiger partial charge in [-0.2, -0.15) is 0 Å². The first-order valence-electron chi connectivity index (χ1n) is 10.9. The van der Waals surface area contributed by atoms with E-state index in [-0.39, 0.29) is 23.3 Å². The SMILES string of the molecule is Cc1ccc(NC(=O)CSc2nc3c(oc4ccccc43)c(=O)n2C2CCCC2)cc1C. The number of furan rings is 1. The molecule has 32 heavy (non-hydrogen) atoms. The summed E-state index contributed by atoms with van der Waals surface area (Å²) in [6.07, 6.45) is 4.06. The van der Waals surface area contributed by atoms with Crippen LogP contribution in [0.2, 0.25) is 0 Å². The number of amides is 1. The summed E-state index contributed by atoms with van der Waals surface area (Å²) in [5.41, 5.74) is 4.44. The number of fused-ring (bicyclic) bond motifs is 3. The molecule has 2 aromatic heterocycles. The monoisotopic (exact) mass is 447 g/mol. The molecule has 4 aromatic rings. The highest BCUT2D eigenvalue weighted by Gasteiger charge is 2.25. The van der Waals surface area contributed by atoms with Gasteiger partial charge in [0.05, 0.1) is 5.75 Å². The summed E-state index contributed by atoms with van der Waals surface area (Å²) >= 11 is 1.31. The molecule has 0 spiro atoms. The molecule has 0 bridgehead atoms. The third-order valence-corrected chi connectivity index (χ3v) is 7.16. The molecule has 0 aliphatic heterocycles. The number of rotatable bonds is 5. The molecular weight excluding hydrogens is 422 g/mol. The summed E-state index contributed by atoms with van der Waals surface area (Å²) in [6, 6.07) is 13.5. The quantitative estimate of drug-likeness (QED) is 0.318. The molecule has 1 saturated carbocycles. The second-order valence-electron chi connectivity index (χ2n) is 8.42. The van der Waals surface area contributed by atoms with Gasteiger partial charge in [0, 0.05) is 17.1 Å². The Hall–Kier alpha value is -3.06. The van der Waals surface area contributed by atoms with Gasteiger partial charge < -0.3 is 9.73 Å². The Bertz CT molecular complexity index is 1380. The highest BCUT2D eigenvalue weighted by Crippen LogP contribution is 2.34. The van der Waals surface area contributed by atoms with Crippen molar-refractivity contribution in [3.63, 3.8) is 0 Å². The lowest BCUT2D eigenvalue weighted by Crippen LogP contribution is -2.26. The van der Waals surface area contributed by atoms with Crippen LogP contribution in [-0.2, 0) is 4.79 Å². The molecule has 1 aliphatic rings. The molecule has 1 N–H and O–H groups in total. The van der Waals surface area contributed by atoms with Crippen molar-refractivity contribution in [1.82, 2.24) is 9.55 Å². The Morgan fingerprint density at radius 1 is 1.16 bits per heavy atom. The molecule has 6 nitrogen and oxygen atoms in total. The Morgan fingerprint density at radius 2 is 1.94 bits per heavy atom. The van der Waals surface area contributed by atoms with E-state index in [1.54, 1.807) is 4.57 Å². The Morgan fingerprint density at radius 3 is 2.72 bits per heavy atom. The number of nitrogens with zero attached hydrogens (tertiary/aromatic N) is 2. The molecular formula is C25H25N3O3S. The lowest BCUT2D eigenvalue weighted by molar-refractivity contribution is -0.113. The van der Waals surface area contributed by atoms with Crippen LogP contribution < -0.4 is 10.9 Å². The van der Waals surface area contributed by atoms with Crippen LogP contribution in [0.4, 0.5) is 5.69 Å². The highest BCUT2D eigenvalue weighted by atomic mass is 32.2. The van der Waals surface area contributed by atoms with Gasteiger partial charge in [0.15, 0.2) is 5.16 Å². The van der Waals surface area contributed by atoms with Crippen LogP contribution in [0, 0.1) is 13.8 Å². The fraction of sp³-hybridized carbons (Fsp3) is 0.320. The summed E-state index contributed by atoms with van der Waals surface area (Å²) in [6.45, 7) is 4.06. The first-order chi connectivity index (χ1) is 15.5. The van der Waals surface area contributed by atoms with E-state index in [9.17, 15) is 9.59 Å². The molecule has 0 atom stereocenters. The maximum absolute atomic E-state index is 13.4. The van der Waals surface area contributed by atoms with Crippen LogP contribution in [-0.4, -0.2) is 21.2 Å². The lowest BCUT2D eigenvalue weighted by Gasteiger charge is -2.17. The van der Waals surface area contributed by atoms with Gasteiger partial charge in [-0.25, -0.2) is 4.98 Å². The lowest BCUT2D eigenvalue weighted by atomic mass is 10.1. The van der Waals surface area contributed by atoms with Gasteiger partial charge in [-0.15, -0.1) is 0 Å². The number of thioether (sulfide) groups is 1. The molecule has 1 fully saturated rings. The molecule has 0 unspecified atom stereocenters. The smallest absolute Gasteiger partial charge is 0.298 e. The van der Waals surface area contributed by atoms with Gasteiger partial charge >= 0.3 is 0 Å². The van der Waals surface area contributed by atoms with E-state index in [0.29, 0.717) is 21.8 Å². The van der Waals surface area contributed by atoms with E-state index < -0.39 is 0 Å². The van der Waals surface area contributed by atoms with Crippen LogP contribution in [0.5, 0.6) is 0 Å². The van der Waals surface area contributed by atoms with Crippen LogP contribution in [0.25, 0.3) is 22.1 Å². The number of hydrogen-bond acceptors (Lipinski definition) is 5. The minimum Gasteiger partial charge on any atom is -0.448 e. The second-order valence-corrected chi connectivity index (χ2v) is 9.36. The summed E-state index contributed by atoms with van der Waals surface area (Å²) < 4.78 is 7.64. The molecule has 2 heterocycles. The topological polar surface area (TPSA) is 77.1 Å². The molecule has 0 saturated heterocycles. The normalized spacial score (nSPS) is 14.4. The molecule has 0 radical (unpaired) electrons. The third kappa shape index (κ3) is 3.81. The van der Waals surface area contributed by atoms with Crippen LogP contribution in [0.3, 0.4) is 0 Å². The minimum atomic E-state index is -0.157. The number of hydrogen-bond donors (Lipinski definition) is 1. The average molecular weight is 448 g/mol. The molecule has 7 heteroatoms. The van der Waals surface area contributed by atoms with Gasteiger partial charge in [-0.1, -0.05) is 42.8 Å². The summed E-state index contributed by atoms with van der Waals surface area (Å²) in [4.78, 5) is 30.9. The summed E-state index contributed by atoms with van der Waals surface area (Å²) in [5, 5.41) is 4.35. The third-order valence-electron chi connectivity index (χ3n) is 6.21. The maximum Gasteiger partial charge on any atom is 0.298 e. The number of benzene rings is 2. The predicted octanol–water partition coefficient (Wildman–Crippen LogP) is 5.61. The molecule has 1 aliphatic carbocycles. The van der Waals surface area contributed by atoms with Gasteiger partial charge in [0.1, 0.15) is 11.1 Å². The van der Waals surface area contributed by atoms with Crippen LogP contribution >= 0.6 is 11.8 Å². The highest BCUT2D eigenvalue weighted by molar-refractivity contribution is 7.99. The number of carbonyl (C=O) groups is 1. The van der Waals surface area contributed by atoms with E-state index >= 15 is 0 Å². The van der Waals surface area contributed by atoms with Crippen molar-refractivity contribution in [2.24, 2.45) is 0 Å². The van der Waals surface area contributed by atoms with Crippen molar-refractivity contribution in [2.45, 2.75) is 50.7 Å². The van der Waals surface area contributed by atoms with Crippen molar-refractivity contribution in [3.05, 3.63) is 63.9 Å². The molecule has 164 valence electrons.